The first kappa shape index (κ1) is 21.1. The third-order valence-electron chi connectivity index (χ3n) is 5.51. The SMILES string of the molecule is Nc1ncc(-c2ccc(CN3CCOCC3)cc2)nc1-c1nncn1-c1cccc(F)c1F. The van der Waals surface area contributed by atoms with E-state index in [0.717, 1.165) is 44.5 Å². The largest absolute Gasteiger partial charge is 0.382 e. The molecular formula is C23H21F2N7O. The number of halogens is 2. The Morgan fingerprint density at radius 3 is 2.61 bits per heavy atom. The quantitative estimate of drug-likeness (QED) is 0.500. The Labute approximate surface area is 188 Å². The average Bonchev–Trinajstić information content (AvgIpc) is 3.32. The fourth-order valence-corrected chi connectivity index (χ4v) is 3.75. The molecule has 0 radical (unpaired) electrons. The van der Waals surface area contributed by atoms with Gasteiger partial charge < -0.3 is 10.5 Å². The molecule has 33 heavy (non-hydrogen) atoms. The number of aromatic nitrogens is 5. The number of ether oxygens (including phenoxy) is 1. The molecule has 1 aliphatic heterocycles. The molecule has 0 aliphatic carbocycles. The third-order valence-corrected chi connectivity index (χ3v) is 5.51. The van der Waals surface area contributed by atoms with Crippen molar-refractivity contribution in [1.29, 1.82) is 0 Å². The Balaban J connectivity index is 1.45. The zero-order chi connectivity index (χ0) is 22.8. The van der Waals surface area contributed by atoms with Crippen molar-refractivity contribution in [3.63, 3.8) is 0 Å². The summed E-state index contributed by atoms with van der Waals surface area (Å²) in [6.07, 6.45) is 2.85. The number of nitrogens with zero attached hydrogens (tertiary/aromatic N) is 6. The molecule has 0 bridgehead atoms. The van der Waals surface area contributed by atoms with Crippen LogP contribution in [0.4, 0.5) is 14.6 Å². The summed E-state index contributed by atoms with van der Waals surface area (Å²) in [4.78, 5) is 11.2. The molecule has 0 amide bonds. The summed E-state index contributed by atoms with van der Waals surface area (Å²) in [5.74, 6) is -1.72. The van der Waals surface area contributed by atoms with Gasteiger partial charge in [0.2, 0.25) is 0 Å². The fraction of sp³-hybridized carbons (Fsp3) is 0.217. The molecule has 1 aliphatic rings. The van der Waals surface area contributed by atoms with Crippen molar-refractivity contribution in [2.45, 2.75) is 6.54 Å². The van der Waals surface area contributed by atoms with E-state index in [1.54, 1.807) is 6.20 Å². The molecule has 0 spiro atoms. The van der Waals surface area contributed by atoms with Crippen LogP contribution in [0, 0.1) is 11.6 Å². The maximum Gasteiger partial charge on any atom is 0.190 e. The van der Waals surface area contributed by atoms with Crippen molar-refractivity contribution in [2.24, 2.45) is 0 Å². The predicted octanol–water partition coefficient (Wildman–Crippen LogP) is 3.08. The molecule has 8 nitrogen and oxygen atoms in total. The summed E-state index contributed by atoms with van der Waals surface area (Å²) < 4.78 is 34.8. The monoisotopic (exact) mass is 449 g/mol. The van der Waals surface area contributed by atoms with E-state index in [-0.39, 0.29) is 23.0 Å². The number of benzene rings is 2. The lowest BCUT2D eigenvalue weighted by Gasteiger charge is -2.26. The van der Waals surface area contributed by atoms with E-state index < -0.39 is 11.6 Å². The molecule has 5 rings (SSSR count). The van der Waals surface area contributed by atoms with Crippen LogP contribution in [-0.2, 0) is 11.3 Å². The summed E-state index contributed by atoms with van der Waals surface area (Å²) in [7, 11) is 0. The second kappa shape index (κ2) is 9.00. The van der Waals surface area contributed by atoms with Gasteiger partial charge in [-0.25, -0.2) is 18.7 Å². The van der Waals surface area contributed by atoms with Crippen molar-refractivity contribution in [1.82, 2.24) is 29.6 Å². The molecule has 3 heterocycles. The summed E-state index contributed by atoms with van der Waals surface area (Å²) in [6, 6.07) is 11.9. The molecule has 2 aromatic heterocycles. The van der Waals surface area contributed by atoms with Gasteiger partial charge in [0.25, 0.3) is 0 Å². The maximum atomic E-state index is 14.4. The summed E-state index contributed by atoms with van der Waals surface area (Å²) in [6.45, 7) is 4.20. The van der Waals surface area contributed by atoms with Gasteiger partial charge >= 0.3 is 0 Å². The highest BCUT2D eigenvalue weighted by atomic mass is 19.2. The van der Waals surface area contributed by atoms with Crippen molar-refractivity contribution in [2.75, 3.05) is 32.0 Å². The molecule has 1 saturated heterocycles. The zero-order valence-corrected chi connectivity index (χ0v) is 17.7. The first-order valence-electron chi connectivity index (χ1n) is 10.5. The predicted molar refractivity (Wildman–Crippen MR) is 118 cm³/mol. The lowest BCUT2D eigenvalue weighted by atomic mass is 10.1. The van der Waals surface area contributed by atoms with Gasteiger partial charge in [-0.2, -0.15) is 0 Å². The highest BCUT2D eigenvalue weighted by molar-refractivity contribution is 5.70. The van der Waals surface area contributed by atoms with Gasteiger partial charge in [-0.15, -0.1) is 10.2 Å². The first-order chi connectivity index (χ1) is 16.1. The van der Waals surface area contributed by atoms with E-state index in [2.05, 4.69) is 25.1 Å². The molecule has 0 saturated carbocycles. The topological polar surface area (TPSA) is 95.0 Å². The molecular weight excluding hydrogens is 428 g/mol. The van der Waals surface area contributed by atoms with Gasteiger partial charge in [0, 0.05) is 25.2 Å². The number of anilines is 1. The van der Waals surface area contributed by atoms with E-state index in [1.165, 1.54) is 28.6 Å². The third kappa shape index (κ3) is 4.30. The van der Waals surface area contributed by atoms with Crippen LogP contribution in [0.5, 0.6) is 0 Å². The molecule has 1 fully saturated rings. The number of nitrogen functional groups attached to an aromatic ring is 1. The summed E-state index contributed by atoms with van der Waals surface area (Å²) in [5.41, 5.74) is 8.85. The fourth-order valence-electron chi connectivity index (χ4n) is 3.75. The lowest BCUT2D eigenvalue weighted by molar-refractivity contribution is 0.0342. The summed E-state index contributed by atoms with van der Waals surface area (Å²) in [5, 5.41) is 7.88. The summed E-state index contributed by atoms with van der Waals surface area (Å²) >= 11 is 0. The van der Waals surface area contributed by atoms with Crippen molar-refractivity contribution in [3.05, 3.63) is 72.2 Å². The normalized spacial score (nSPS) is 14.5. The van der Waals surface area contributed by atoms with E-state index in [4.69, 9.17) is 10.5 Å². The molecule has 0 atom stereocenters. The molecule has 2 aromatic carbocycles. The van der Waals surface area contributed by atoms with Gasteiger partial charge in [0.05, 0.1) is 30.8 Å². The van der Waals surface area contributed by atoms with Gasteiger partial charge in [0.1, 0.15) is 6.33 Å². The Morgan fingerprint density at radius 1 is 1.03 bits per heavy atom. The maximum absolute atomic E-state index is 14.4. The standard InChI is InChI=1S/C23H21F2N7O/c24-17-2-1-3-19(20(17)25)32-14-28-30-23(32)21-22(26)27-12-18(29-21)16-6-4-15(5-7-16)13-31-8-10-33-11-9-31/h1-7,12,14H,8-11,13H2,(H2,26,27). The van der Waals surface area contributed by atoms with Gasteiger partial charge in [-0.05, 0) is 17.7 Å². The van der Waals surface area contributed by atoms with Crippen LogP contribution < -0.4 is 5.73 Å². The van der Waals surface area contributed by atoms with Crippen LogP contribution in [0.25, 0.3) is 28.5 Å². The molecule has 2 N–H and O–H groups in total. The van der Waals surface area contributed by atoms with Crippen molar-refractivity contribution in [3.8, 4) is 28.5 Å². The second-order valence-electron chi connectivity index (χ2n) is 7.67. The Morgan fingerprint density at radius 2 is 1.82 bits per heavy atom. The van der Waals surface area contributed by atoms with Crippen molar-refractivity contribution >= 4 is 5.82 Å². The Bertz CT molecular complexity index is 1270. The first-order valence-corrected chi connectivity index (χ1v) is 10.5. The van der Waals surface area contributed by atoms with Crippen LogP contribution in [0.1, 0.15) is 5.56 Å². The van der Waals surface area contributed by atoms with Crippen LogP contribution in [0.15, 0.2) is 55.0 Å². The smallest absolute Gasteiger partial charge is 0.190 e. The number of hydrogen-bond donors (Lipinski definition) is 1. The van der Waals surface area contributed by atoms with E-state index in [1.807, 2.05) is 24.3 Å². The Kier molecular flexibility index (Phi) is 5.76. The molecule has 4 aromatic rings. The highest BCUT2D eigenvalue weighted by Crippen LogP contribution is 2.28. The van der Waals surface area contributed by atoms with Gasteiger partial charge in [0.15, 0.2) is 29.0 Å². The number of nitrogens with two attached hydrogens (primary N) is 1. The number of hydrogen-bond acceptors (Lipinski definition) is 7. The van der Waals surface area contributed by atoms with Crippen LogP contribution in [-0.4, -0.2) is 55.9 Å². The van der Waals surface area contributed by atoms with Gasteiger partial charge in [-0.1, -0.05) is 30.3 Å². The number of morpholine rings is 1. The zero-order valence-electron chi connectivity index (χ0n) is 17.7. The van der Waals surface area contributed by atoms with E-state index in [9.17, 15) is 8.78 Å². The van der Waals surface area contributed by atoms with Gasteiger partial charge in [-0.3, -0.25) is 9.47 Å². The van der Waals surface area contributed by atoms with Crippen molar-refractivity contribution < 1.29 is 13.5 Å². The number of rotatable bonds is 5. The van der Waals surface area contributed by atoms with Crippen LogP contribution in [0.2, 0.25) is 0 Å². The minimum atomic E-state index is -1.02. The molecule has 0 unspecified atom stereocenters. The van der Waals surface area contributed by atoms with E-state index in [0.29, 0.717) is 5.69 Å². The average molecular weight is 449 g/mol. The highest BCUT2D eigenvalue weighted by Gasteiger charge is 2.19. The van der Waals surface area contributed by atoms with Crippen LogP contribution in [0.3, 0.4) is 0 Å². The minimum Gasteiger partial charge on any atom is -0.382 e. The lowest BCUT2D eigenvalue weighted by Crippen LogP contribution is -2.35. The molecule has 168 valence electrons. The Hall–Kier alpha value is -3.76. The van der Waals surface area contributed by atoms with Crippen LogP contribution >= 0.6 is 0 Å². The minimum absolute atomic E-state index is 0.0472. The van der Waals surface area contributed by atoms with E-state index >= 15 is 0 Å². The molecule has 10 heteroatoms. The second-order valence-corrected chi connectivity index (χ2v) is 7.67.